The minimum Gasteiger partial charge on any atom is -0.366 e. The van der Waals surface area contributed by atoms with Gasteiger partial charge in [0.2, 0.25) is 0 Å². The van der Waals surface area contributed by atoms with E-state index in [1.54, 1.807) is 6.20 Å². The van der Waals surface area contributed by atoms with Gasteiger partial charge in [-0.2, -0.15) is 0 Å². The Balaban J connectivity index is 3.41. The fourth-order valence-electron chi connectivity index (χ4n) is 1.15. The van der Waals surface area contributed by atoms with Gasteiger partial charge >= 0.3 is 0 Å². The molecule has 3 nitrogen and oxygen atoms in total. The van der Waals surface area contributed by atoms with Crippen molar-refractivity contribution in [2.24, 2.45) is 0 Å². The Morgan fingerprint density at radius 3 is 2.38 bits per heavy atom. The van der Waals surface area contributed by atoms with Gasteiger partial charge in [0.15, 0.2) is 11.7 Å². The maximum absolute atomic E-state index is 11.6. The number of nitrogens with one attached hydrogen (secondary N) is 1. The molecule has 13 heavy (non-hydrogen) atoms. The number of pyridine rings is 1. The highest BCUT2D eigenvalue weighted by Crippen LogP contribution is 2.17. The molecular weight excluding hydrogens is 166 g/mol. The number of aromatic amines is 1. The van der Waals surface area contributed by atoms with Crippen molar-refractivity contribution in [2.45, 2.75) is 26.2 Å². The number of carbonyl (C=O) groups excluding carboxylic acids is 1. The summed E-state index contributed by atoms with van der Waals surface area (Å²) in [6, 6.07) is 0. The smallest absolute Gasteiger partial charge is 0.195 e. The average Bonchev–Trinajstić information content (AvgIpc) is 2.02. The van der Waals surface area contributed by atoms with Crippen LogP contribution < -0.4 is 5.43 Å². The lowest BCUT2D eigenvalue weighted by atomic mass is 9.87. The third-order valence-corrected chi connectivity index (χ3v) is 1.91. The van der Waals surface area contributed by atoms with Crippen LogP contribution in [0, 0.1) is 0 Å². The third kappa shape index (κ3) is 1.86. The highest BCUT2D eigenvalue weighted by molar-refractivity contribution is 5.74. The minimum absolute atomic E-state index is 0.179. The summed E-state index contributed by atoms with van der Waals surface area (Å²) < 4.78 is 0. The second-order valence-corrected chi connectivity index (χ2v) is 4.02. The van der Waals surface area contributed by atoms with E-state index in [1.165, 1.54) is 6.20 Å². The van der Waals surface area contributed by atoms with E-state index in [-0.39, 0.29) is 16.4 Å². The maximum Gasteiger partial charge on any atom is 0.195 e. The van der Waals surface area contributed by atoms with Gasteiger partial charge in [0, 0.05) is 18.0 Å². The van der Waals surface area contributed by atoms with E-state index in [9.17, 15) is 9.59 Å². The van der Waals surface area contributed by atoms with Crippen LogP contribution in [-0.4, -0.2) is 11.3 Å². The summed E-state index contributed by atoms with van der Waals surface area (Å²) in [4.78, 5) is 24.9. The van der Waals surface area contributed by atoms with Crippen LogP contribution in [0.2, 0.25) is 0 Å². The monoisotopic (exact) mass is 179 g/mol. The van der Waals surface area contributed by atoms with E-state index in [4.69, 9.17) is 0 Å². The third-order valence-electron chi connectivity index (χ3n) is 1.91. The molecule has 0 radical (unpaired) electrons. The van der Waals surface area contributed by atoms with E-state index in [2.05, 4.69) is 4.98 Å². The number of carbonyl (C=O) groups is 1. The molecular formula is C10H13NO2. The van der Waals surface area contributed by atoms with Crippen LogP contribution in [-0.2, 0) is 5.41 Å². The van der Waals surface area contributed by atoms with E-state index < -0.39 is 0 Å². The summed E-state index contributed by atoms with van der Waals surface area (Å²) in [5.74, 6) is 0. The first-order chi connectivity index (χ1) is 5.96. The molecule has 0 aliphatic heterocycles. The van der Waals surface area contributed by atoms with E-state index in [0.717, 1.165) is 0 Å². The second-order valence-electron chi connectivity index (χ2n) is 4.02. The van der Waals surface area contributed by atoms with Gasteiger partial charge in [-0.3, -0.25) is 9.59 Å². The molecule has 0 saturated carbocycles. The molecule has 0 unspecified atom stereocenters. The summed E-state index contributed by atoms with van der Waals surface area (Å²) >= 11 is 0. The highest BCUT2D eigenvalue weighted by atomic mass is 16.1. The molecule has 1 aromatic heterocycles. The normalized spacial score (nSPS) is 11.3. The first-order valence-electron chi connectivity index (χ1n) is 4.13. The largest absolute Gasteiger partial charge is 0.366 e. The molecule has 3 heteroatoms. The lowest BCUT2D eigenvalue weighted by Gasteiger charge is -2.17. The van der Waals surface area contributed by atoms with Crippen LogP contribution in [0.1, 0.15) is 36.7 Å². The van der Waals surface area contributed by atoms with Gasteiger partial charge < -0.3 is 4.98 Å². The molecule has 0 aliphatic rings. The first-order valence-corrected chi connectivity index (χ1v) is 4.13. The van der Waals surface area contributed by atoms with Crippen molar-refractivity contribution in [3.8, 4) is 0 Å². The first kappa shape index (κ1) is 9.71. The molecule has 0 aliphatic carbocycles. The standard InChI is InChI=1S/C10H13NO2/c1-10(2,3)8-5-11-4-7(6-12)9(8)13/h4-6H,1-3H3,(H,11,13). The number of H-pyrrole nitrogens is 1. The fraction of sp³-hybridized carbons (Fsp3) is 0.400. The zero-order valence-electron chi connectivity index (χ0n) is 8.05. The molecule has 1 heterocycles. The molecule has 0 atom stereocenters. The van der Waals surface area contributed by atoms with Crippen molar-refractivity contribution < 1.29 is 4.79 Å². The van der Waals surface area contributed by atoms with E-state index in [0.29, 0.717) is 11.8 Å². The Hall–Kier alpha value is -1.38. The predicted octanol–water partition coefficient (Wildman–Crippen LogP) is 1.48. The van der Waals surface area contributed by atoms with Crippen molar-refractivity contribution >= 4 is 6.29 Å². The molecule has 0 amide bonds. The predicted molar refractivity (Wildman–Crippen MR) is 51.2 cm³/mol. The summed E-state index contributed by atoms with van der Waals surface area (Å²) in [5, 5.41) is 0. The molecule has 0 bridgehead atoms. The van der Waals surface area contributed by atoms with Crippen molar-refractivity contribution in [1.82, 2.24) is 4.98 Å². The molecule has 1 rings (SSSR count). The van der Waals surface area contributed by atoms with Gasteiger partial charge in [-0.1, -0.05) is 20.8 Å². The van der Waals surface area contributed by atoms with Crippen molar-refractivity contribution in [2.75, 3.05) is 0 Å². The van der Waals surface area contributed by atoms with Gasteiger partial charge in [0.05, 0.1) is 5.56 Å². The zero-order valence-corrected chi connectivity index (χ0v) is 8.05. The topological polar surface area (TPSA) is 49.9 Å². The van der Waals surface area contributed by atoms with Gasteiger partial charge in [0.1, 0.15) is 0 Å². The van der Waals surface area contributed by atoms with Crippen molar-refractivity contribution in [3.05, 3.63) is 33.7 Å². The minimum atomic E-state index is -0.230. The van der Waals surface area contributed by atoms with Gasteiger partial charge in [-0.15, -0.1) is 0 Å². The van der Waals surface area contributed by atoms with Gasteiger partial charge in [0.25, 0.3) is 0 Å². The lowest BCUT2D eigenvalue weighted by Crippen LogP contribution is -2.25. The quantitative estimate of drug-likeness (QED) is 0.664. The second kappa shape index (κ2) is 3.17. The highest BCUT2D eigenvalue weighted by Gasteiger charge is 2.18. The zero-order chi connectivity index (χ0) is 10.1. The number of aromatic nitrogens is 1. The molecule has 1 aromatic rings. The molecule has 70 valence electrons. The van der Waals surface area contributed by atoms with Crippen LogP contribution in [0.4, 0.5) is 0 Å². The molecule has 0 aromatic carbocycles. The summed E-state index contributed by atoms with van der Waals surface area (Å²) in [6.45, 7) is 5.81. The van der Waals surface area contributed by atoms with Crippen molar-refractivity contribution in [3.63, 3.8) is 0 Å². The van der Waals surface area contributed by atoms with Crippen LogP contribution in [0.25, 0.3) is 0 Å². The Morgan fingerprint density at radius 1 is 1.31 bits per heavy atom. The molecule has 0 spiro atoms. The summed E-state index contributed by atoms with van der Waals surface area (Å²) in [5.41, 5.74) is 0.415. The molecule has 0 fully saturated rings. The average molecular weight is 179 g/mol. The van der Waals surface area contributed by atoms with Crippen LogP contribution in [0.15, 0.2) is 17.2 Å². The SMILES string of the molecule is CC(C)(C)c1c[nH]cc(C=O)c1=O. The van der Waals surface area contributed by atoms with Gasteiger partial charge in [-0.05, 0) is 5.41 Å². The van der Waals surface area contributed by atoms with Crippen LogP contribution >= 0.6 is 0 Å². The lowest BCUT2D eigenvalue weighted by molar-refractivity contribution is 0.112. The fourth-order valence-corrected chi connectivity index (χ4v) is 1.15. The Labute approximate surface area is 76.8 Å². The Kier molecular flexibility index (Phi) is 2.36. The Bertz CT molecular complexity index is 371. The Morgan fingerprint density at radius 2 is 1.92 bits per heavy atom. The van der Waals surface area contributed by atoms with E-state index >= 15 is 0 Å². The molecule has 0 saturated heterocycles. The number of rotatable bonds is 1. The van der Waals surface area contributed by atoms with E-state index in [1.807, 2.05) is 20.8 Å². The number of hydrogen-bond donors (Lipinski definition) is 1. The van der Waals surface area contributed by atoms with Gasteiger partial charge in [-0.25, -0.2) is 0 Å². The van der Waals surface area contributed by atoms with Crippen LogP contribution in [0.3, 0.4) is 0 Å². The molecule has 1 N–H and O–H groups in total. The summed E-state index contributed by atoms with van der Waals surface area (Å²) in [7, 11) is 0. The summed E-state index contributed by atoms with van der Waals surface area (Å²) in [6.07, 6.45) is 3.65. The van der Waals surface area contributed by atoms with Crippen LogP contribution in [0.5, 0.6) is 0 Å². The maximum atomic E-state index is 11.6. The number of hydrogen-bond acceptors (Lipinski definition) is 2. The van der Waals surface area contributed by atoms with Crippen molar-refractivity contribution in [1.29, 1.82) is 0 Å². The number of aldehydes is 1.